The Balaban J connectivity index is 1.29. The van der Waals surface area contributed by atoms with Crippen molar-refractivity contribution in [2.75, 3.05) is 9.80 Å². The summed E-state index contributed by atoms with van der Waals surface area (Å²) in [6, 6.07) is 38.8. The lowest BCUT2D eigenvalue weighted by atomic mass is 9.35. The first-order chi connectivity index (χ1) is 33.0. The predicted octanol–water partition coefficient (Wildman–Crippen LogP) is 17.4. The van der Waals surface area contributed by atoms with Crippen LogP contribution in [-0.2, 0) is 38.4 Å². The van der Waals surface area contributed by atoms with Crippen molar-refractivity contribution in [1.29, 1.82) is 0 Å². The number of halogens is 2. The van der Waals surface area contributed by atoms with Gasteiger partial charge in [0.05, 0.1) is 11.4 Å². The molecule has 0 fully saturated rings. The normalized spacial score (nSPS) is 18.4. The van der Waals surface area contributed by atoms with Crippen LogP contribution in [0.4, 0.5) is 42.9 Å². The molecule has 1 aromatic heterocycles. The van der Waals surface area contributed by atoms with Crippen LogP contribution < -0.4 is 25.5 Å². The maximum atomic E-state index is 15.0. The van der Waals surface area contributed by atoms with Gasteiger partial charge in [-0.05, 0) is 175 Å². The minimum absolute atomic E-state index is 0.00958. The number of aryl methyl sites for hydroxylation is 1. The van der Waals surface area contributed by atoms with Crippen LogP contribution in [-0.4, -0.2) is 6.71 Å². The van der Waals surface area contributed by atoms with Gasteiger partial charge in [-0.15, -0.1) is 11.3 Å². The summed E-state index contributed by atoms with van der Waals surface area (Å²) in [4.78, 5) is 5.23. The van der Waals surface area contributed by atoms with E-state index in [-0.39, 0.29) is 44.8 Å². The number of thiophene rings is 1. The number of rotatable bonds is 4. The van der Waals surface area contributed by atoms with Crippen molar-refractivity contribution in [3.63, 3.8) is 0 Å². The fourth-order valence-corrected chi connectivity index (χ4v) is 14.0. The third kappa shape index (κ3) is 7.57. The Morgan fingerprint density at radius 3 is 1.52 bits per heavy atom. The lowest BCUT2D eigenvalue weighted by Gasteiger charge is -2.48. The summed E-state index contributed by atoms with van der Waals surface area (Å²) >= 11 is 1.97. The third-order valence-corrected chi connectivity index (χ3v) is 18.8. The lowest BCUT2D eigenvalue weighted by Crippen LogP contribution is -2.61. The Hall–Kier alpha value is -5.20. The van der Waals surface area contributed by atoms with Crippen LogP contribution in [0.3, 0.4) is 0 Å². The van der Waals surface area contributed by atoms with Crippen molar-refractivity contribution < 1.29 is 8.78 Å². The molecule has 0 bridgehead atoms. The monoisotopic (exact) mass is 963 g/mol. The molecule has 0 saturated carbocycles. The highest BCUT2D eigenvalue weighted by Gasteiger charge is 2.49. The number of benzene rings is 6. The van der Waals surface area contributed by atoms with E-state index in [0.717, 1.165) is 55.1 Å². The molecule has 0 radical (unpaired) electrons. The highest BCUT2D eigenvalue weighted by atomic mass is 32.1. The topological polar surface area (TPSA) is 6.48 Å². The minimum atomic E-state index is -2.94. The van der Waals surface area contributed by atoms with Crippen molar-refractivity contribution in [3.8, 4) is 11.1 Å². The standard InChI is InChI=1S/C65H73BF2N2S/c1-38-31-53-56-54(32-38)70(51-36-48-46(61(8,9)27-29-63(48,12)13)34-44(51)39-17-19-41(20-18-39)65(16,67)68)52-37-49-47(62(10,11)28-30-64(49,14)15)35-50(52)66(56)58-57(45-33-42(60(5,6)7)23-26-55(45)71-58)69(53)43-24-21-40(22-25-43)59(2,3)4/h17-26,31-37H,27-30H2,1-16H3. The van der Waals surface area contributed by atoms with Crippen LogP contribution >= 0.6 is 11.3 Å². The lowest BCUT2D eigenvalue weighted by molar-refractivity contribution is 0.0175. The summed E-state index contributed by atoms with van der Waals surface area (Å²) < 4.78 is 32.6. The third-order valence-electron chi connectivity index (χ3n) is 17.5. The fraction of sp³-hybridized carbons (Fsp3) is 0.415. The van der Waals surface area contributed by atoms with Crippen molar-refractivity contribution in [2.45, 2.75) is 175 Å². The van der Waals surface area contributed by atoms with Gasteiger partial charge in [0, 0.05) is 55.7 Å². The van der Waals surface area contributed by atoms with Gasteiger partial charge in [0.2, 0.25) is 0 Å². The molecule has 2 nitrogen and oxygen atoms in total. The molecule has 4 aliphatic rings. The molecule has 7 aromatic rings. The van der Waals surface area contributed by atoms with Gasteiger partial charge >= 0.3 is 0 Å². The van der Waals surface area contributed by atoms with Gasteiger partial charge in [-0.2, -0.15) is 0 Å². The predicted molar refractivity (Wildman–Crippen MR) is 304 cm³/mol. The number of anilines is 6. The zero-order valence-corrected chi connectivity index (χ0v) is 46.1. The average molecular weight is 963 g/mol. The van der Waals surface area contributed by atoms with E-state index in [4.69, 9.17) is 0 Å². The smallest absolute Gasteiger partial charge is 0.270 e. The molecule has 0 N–H and O–H groups in total. The molecule has 0 atom stereocenters. The molecular weight excluding hydrogens is 890 g/mol. The van der Waals surface area contributed by atoms with Crippen LogP contribution in [0.15, 0.2) is 103 Å². The Kier molecular flexibility index (Phi) is 10.4. The SMILES string of the molecule is Cc1cc2c3c(c1)N(c1ccc(C(C)(C)C)cc1)c1c(sc4ccc(C(C)(C)C)cc14)B3c1cc3c(cc1N2c1cc2c(cc1-c1ccc(C(C)(F)F)cc1)C(C)(C)CCC2(C)C)C(C)(C)CCC3(C)C. The summed E-state index contributed by atoms with van der Waals surface area (Å²) in [7, 11) is 0. The van der Waals surface area contributed by atoms with Gasteiger partial charge in [0.15, 0.2) is 0 Å². The van der Waals surface area contributed by atoms with Gasteiger partial charge in [-0.1, -0.05) is 145 Å². The molecule has 11 rings (SSSR count). The second-order valence-electron chi connectivity index (χ2n) is 26.8. The number of hydrogen-bond donors (Lipinski definition) is 0. The maximum Gasteiger partial charge on any atom is 0.270 e. The maximum absolute atomic E-state index is 15.0. The van der Waals surface area contributed by atoms with Crippen molar-refractivity contribution >= 4 is 78.0 Å². The molecule has 6 aromatic carbocycles. The summed E-state index contributed by atoms with van der Waals surface area (Å²) in [6.45, 7) is 36.5. The Bertz CT molecular complexity index is 3330. The number of fused-ring (bicyclic) bond motifs is 8. The van der Waals surface area contributed by atoms with Crippen LogP contribution in [0, 0.1) is 6.92 Å². The molecule has 0 unspecified atom stereocenters. The number of alkyl halides is 2. The molecule has 71 heavy (non-hydrogen) atoms. The van der Waals surface area contributed by atoms with Crippen LogP contribution in [0.1, 0.15) is 174 Å². The molecule has 0 amide bonds. The van der Waals surface area contributed by atoms with E-state index in [9.17, 15) is 8.78 Å². The highest BCUT2D eigenvalue weighted by molar-refractivity contribution is 7.33. The van der Waals surface area contributed by atoms with Gasteiger partial charge in [0.25, 0.3) is 12.6 Å². The van der Waals surface area contributed by atoms with E-state index in [2.05, 4.69) is 193 Å². The minimum Gasteiger partial charge on any atom is -0.311 e. The molecule has 2 aliphatic carbocycles. The van der Waals surface area contributed by atoms with Crippen LogP contribution in [0.25, 0.3) is 21.2 Å². The molecule has 366 valence electrons. The second-order valence-corrected chi connectivity index (χ2v) is 27.8. The van der Waals surface area contributed by atoms with Crippen molar-refractivity contribution in [1.82, 2.24) is 0 Å². The molecular formula is C65H73BF2N2S. The highest BCUT2D eigenvalue weighted by Crippen LogP contribution is 2.56. The van der Waals surface area contributed by atoms with Gasteiger partial charge in [-0.25, -0.2) is 8.78 Å². The Labute approximate surface area is 428 Å². The van der Waals surface area contributed by atoms with E-state index in [1.54, 1.807) is 12.1 Å². The molecule has 6 heteroatoms. The average Bonchev–Trinajstić information content (AvgIpc) is 3.66. The zero-order chi connectivity index (χ0) is 50.9. The zero-order valence-electron chi connectivity index (χ0n) is 45.3. The molecule has 0 spiro atoms. The van der Waals surface area contributed by atoms with Crippen molar-refractivity contribution in [2.24, 2.45) is 0 Å². The Morgan fingerprint density at radius 1 is 0.507 bits per heavy atom. The first-order valence-corrected chi connectivity index (χ1v) is 27.1. The number of nitrogens with zero attached hydrogens (tertiary/aromatic N) is 2. The first kappa shape index (κ1) is 48.1. The summed E-state index contributed by atoms with van der Waals surface area (Å²) in [5, 5.41) is 1.30. The molecule has 3 heterocycles. The van der Waals surface area contributed by atoms with E-state index in [1.165, 1.54) is 87.5 Å². The summed E-state index contributed by atoms with van der Waals surface area (Å²) in [5.74, 6) is -2.94. The van der Waals surface area contributed by atoms with Crippen molar-refractivity contribution in [3.05, 3.63) is 148 Å². The van der Waals surface area contributed by atoms with Gasteiger partial charge < -0.3 is 9.80 Å². The molecule has 0 saturated heterocycles. The van der Waals surface area contributed by atoms with E-state index < -0.39 is 5.92 Å². The summed E-state index contributed by atoms with van der Waals surface area (Å²) in [6.07, 6.45) is 4.38. The van der Waals surface area contributed by atoms with E-state index in [0.29, 0.717) is 0 Å². The Morgan fingerprint density at radius 2 is 0.986 bits per heavy atom. The molecule has 2 aliphatic heterocycles. The summed E-state index contributed by atoms with van der Waals surface area (Å²) in [5.41, 5.74) is 21.1. The van der Waals surface area contributed by atoms with E-state index >= 15 is 0 Å². The van der Waals surface area contributed by atoms with Crippen LogP contribution in [0.2, 0.25) is 0 Å². The quantitative estimate of drug-likeness (QED) is 0.162. The van der Waals surface area contributed by atoms with E-state index in [1.807, 2.05) is 23.5 Å². The first-order valence-electron chi connectivity index (χ1n) is 26.3. The fourth-order valence-electron chi connectivity index (χ4n) is 12.7. The van der Waals surface area contributed by atoms with Crippen LogP contribution in [0.5, 0.6) is 0 Å². The van der Waals surface area contributed by atoms with Gasteiger partial charge in [-0.3, -0.25) is 0 Å². The largest absolute Gasteiger partial charge is 0.311 e. The second kappa shape index (κ2) is 15.4. The number of hydrogen-bond acceptors (Lipinski definition) is 3. The van der Waals surface area contributed by atoms with Gasteiger partial charge in [0.1, 0.15) is 0 Å².